The van der Waals surface area contributed by atoms with Crippen molar-refractivity contribution in [2.24, 2.45) is 0 Å². The van der Waals surface area contributed by atoms with Crippen molar-refractivity contribution >= 4 is 17.3 Å². The maximum Gasteiger partial charge on any atom is 0.329 e. The van der Waals surface area contributed by atoms with E-state index in [2.05, 4.69) is 9.88 Å². The molecule has 1 N–H and O–H groups in total. The Hall–Kier alpha value is -0.980. The summed E-state index contributed by atoms with van der Waals surface area (Å²) in [5.41, 5.74) is 0.737. The fourth-order valence-electron chi connectivity index (χ4n) is 2.01. The zero-order valence-electron chi connectivity index (χ0n) is 9.97. The molecule has 1 aliphatic heterocycles. The third kappa shape index (κ3) is 3.24. The lowest BCUT2D eigenvalue weighted by Gasteiger charge is -2.47. The van der Waals surface area contributed by atoms with Crippen molar-refractivity contribution in [3.63, 3.8) is 0 Å². The molecule has 1 aliphatic rings. The van der Waals surface area contributed by atoms with E-state index in [1.54, 1.807) is 11.3 Å². The quantitative estimate of drug-likeness (QED) is 0.855. The van der Waals surface area contributed by atoms with Crippen molar-refractivity contribution < 1.29 is 14.6 Å². The van der Waals surface area contributed by atoms with Gasteiger partial charge in [-0.15, -0.1) is 11.3 Å². The Morgan fingerprint density at radius 2 is 2.41 bits per heavy atom. The first-order valence-electron chi connectivity index (χ1n) is 5.46. The van der Waals surface area contributed by atoms with E-state index in [9.17, 15) is 4.79 Å². The van der Waals surface area contributed by atoms with Gasteiger partial charge in [-0.2, -0.15) is 0 Å². The summed E-state index contributed by atoms with van der Waals surface area (Å²) >= 11 is 1.66. The van der Waals surface area contributed by atoms with Crippen molar-refractivity contribution in [2.75, 3.05) is 19.7 Å². The fraction of sp³-hybridized carbons (Fsp3) is 0.636. The van der Waals surface area contributed by atoms with Crippen molar-refractivity contribution in [2.45, 2.75) is 26.0 Å². The highest BCUT2D eigenvalue weighted by molar-refractivity contribution is 7.09. The van der Waals surface area contributed by atoms with Gasteiger partial charge in [-0.25, -0.2) is 9.78 Å². The van der Waals surface area contributed by atoms with Crippen molar-refractivity contribution in [1.82, 2.24) is 9.88 Å². The molecule has 0 radical (unpaired) electrons. The van der Waals surface area contributed by atoms with Gasteiger partial charge >= 0.3 is 5.97 Å². The molecule has 1 aromatic rings. The largest absolute Gasteiger partial charge is 0.480 e. The highest BCUT2D eigenvalue weighted by Gasteiger charge is 2.40. The lowest BCUT2D eigenvalue weighted by Crippen LogP contribution is -2.61. The van der Waals surface area contributed by atoms with Gasteiger partial charge in [0.2, 0.25) is 0 Å². The van der Waals surface area contributed by atoms with Crippen LogP contribution in [0.4, 0.5) is 0 Å². The van der Waals surface area contributed by atoms with E-state index in [1.165, 1.54) is 0 Å². The minimum Gasteiger partial charge on any atom is -0.480 e. The monoisotopic (exact) mass is 256 g/mol. The maximum atomic E-state index is 10.4. The average molecular weight is 256 g/mol. The van der Waals surface area contributed by atoms with E-state index in [4.69, 9.17) is 9.84 Å². The molecule has 0 aromatic carbocycles. The molecular weight excluding hydrogens is 240 g/mol. The zero-order chi connectivity index (χ0) is 12.5. The number of hydrogen-bond donors (Lipinski definition) is 1. The number of likely N-dealkylation sites (tertiary alicyclic amines) is 1. The molecule has 1 saturated heterocycles. The smallest absolute Gasteiger partial charge is 0.329 e. The molecule has 0 unspecified atom stereocenters. The Kier molecular flexibility index (Phi) is 3.46. The highest BCUT2D eigenvalue weighted by Crippen LogP contribution is 2.26. The third-order valence-electron chi connectivity index (χ3n) is 2.69. The molecule has 0 aliphatic carbocycles. The summed E-state index contributed by atoms with van der Waals surface area (Å²) in [6.45, 7) is 6.05. The minimum atomic E-state index is -0.916. The summed E-state index contributed by atoms with van der Waals surface area (Å²) in [4.78, 5) is 17.0. The second-order valence-electron chi connectivity index (χ2n) is 4.66. The lowest BCUT2D eigenvalue weighted by molar-refractivity contribution is -0.165. The van der Waals surface area contributed by atoms with Crippen molar-refractivity contribution in [3.05, 3.63) is 16.1 Å². The Balaban J connectivity index is 1.76. The molecule has 1 fully saturated rings. The lowest BCUT2D eigenvalue weighted by atomic mass is 9.96. The summed E-state index contributed by atoms with van der Waals surface area (Å²) < 4.78 is 5.34. The Labute approximate surface area is 104 Å². The molecule has 6 heteroatoms. The first-order chi connectivity index (χ1) is 7.97. The Morgan fingerprint density at radius 3 is 2.94 bits per heavy atom. The fourth-order valence-corrected chi connectivity index (χ4v) is 2.82. The molecular formula is C11H16N2O3S. The number of hydrogen-bond acceptors (Lipinski definition) is 5. The first-order valence-corrected chi connectivity index (χ1v) is 6.34. The van der Waals surface area contributed by atoms with E-state index in [-0.39, 0.29) is 12.2 Å². The molecule has 5 nitrogen and oxygen atoms in total. The van der Waals surface area contributed by atoms with Gasteiger partial charge in [0.15, 0.2) is 0 Å². The molecule has 0 saturated carbocycles. The van der Waals surface area contributed by atoms with Crippen LogP contribution in [0, 0.1) is 6.92 Å². The number of nitrogens with zero attached hydrogens (tertiary/aromatic N) is 2. The van der Waals surface area contributed by atoms with Crippen LogP contribution in [-0.4, -0.2) is 46.3 Å². The molecule has 0 amide bonds. The number of aromatic nitrogens is 1. The minimum absolute atomic E-state index is 0.222. The molecule has 94 valence electrons. The summed E-state index contributed by atoms with van der Waals surface area (Å²) in [7, 11) is 0. The van der Waals surface area contributed by atoms with Crippen molar-refractivity contribution in [1.29, 1.82) is 0 Å². The predicted molar refractivity (Wildman–Crippen MR) is 64.1 cm³/mol. The first kappa shape index (κ1) is 12.5. The molecule has 2 heterocycles. The van der Waals surface area contributed by atoms with Gasteiger partial charge < -0.3 is 9.84 Å². The number of aryl methyl sites for hydroxylation is 1. The van der Waals surface area contributed by atoms with Crippen LogP contribution in [0.1, 0.15) is 17.6 Å². The molecule has 0 bridgehead atoms. The van der Waals surface area contributed by atoms with Crippen LogP contribution in [0.15, 0.2) is 5.38 Å². The van der Waals surface area contributed by atoms with E-state index in [1.807, 2.05) is 19.2 Å². The predicted octanol–water partition coefficient (Wildman–Crippen LogP) is 1.13. The number of rotatable bonds is 5. The van der Waals surface area contributed by atoms with Gasteiger partial charge in [-0.05, 0) is 13.8 Å². The summed E-state index contributed by atoms with van der Waals surface area (Å²) in [6.07, 6.45) is 0. The van der Waals surface area contributed by atoms with Crippen LogP contribution >= 0.6 is 11.3 Å². The average Bonchev–Trinajstić information content (AvgIpc) is 2.59. The van der Waals surface area contributed by atoms with Gasteiger partial charge in [-0.3, -0.25) is 4.90 Å². The third-order valence-corrected chi connectivity index (χ3v) is 3.64. The van der Waals surface area contributed by atoms with Gasteiger partial charge in [0.05, 0.1) is 12.1 Å². The van der Waals surface area contributed by atoms with E-state index in [0.29, 0.717) is 0 Å². The summed E-state index contributed by atoms with van der Waals surface area (Å²) in [6, 6.07) is 0. The van der Waals surface area contributed by atoms with Gasteiger partial charge in [0.25, 0.3) is 0 Å². The van der Waals surface area contributed by atoms with Crippen LogP contribution in [-0.2, 0) is 16.1 Å². The Morgan fingerprint density at radius 1 is 1.71 bits per heavy atom. The van der Waals surface area contributed by atoms with Crippen LogP contribution in [0.5, 0.6) is 0 Å². The van der Waals surface area contributed by atoms with Crippen LogP contribution in [0.2, 0.25) is 0 Å². The summed E-state index contributed by atoms with van der Waals surface area (Å²) in [5, 5.41) is 11.7. The molecule has 0 spiro atoms. The summed E-state index contributed by atoms with van der Waals surface area (Å²) in [5.74, 6) is -0.916. The number of carboxylic acid groups (broad SMARTS) is 1. The van der Waals surface area contributed by atoms with Crippen LogP contribution in [0.25, 0.3) is 0 Å². The van der Waals surface area contributed by atoms with Crippen LogP contribution < -0.4 is 0 Å². The van der Waals surface area contributed by atoms with Gasteiger partial charge in [-0.1, -0.05) is 0 Å². The van der Waals surface area contributed by atoms with Gasteiger partial charge in [0.1, 0.15) is 11.6 Å². The second kappa shape index (κ2) is 4.72. The van der Waals surface area contributed by atoms with E-state index in [0.717, 1.165) is 30.3 Å². The Bertz CT molecular complexity index is 413. The molecule has 1 aromatic heterocycles. The zero-order valence-corrected chi connectivity index (χ0v) is 10.8. The van der Waals surface area contributed by atoms with Gasteiger partial charge in [0, 0.05) is 24.2 Å². The van der Waals surface area contributed by atoms with E-state index >= 15 is 0 Å². The molecule has 2 rings (SSSR count). The van der Waals surface area contributed by atoms with Crippen LogP contribution in [0.3, 0.4) is 0 Å². The van der Waals surface area contributed by atoms with E-state index < -0.39 is 5.97 Å². The SMILES string of the molecule is Cc1csc(CN2CC(C)(OCC(=O)O)C2)n1. The second-order valence-corrected chi connectivity index (χ2v) is 5.60. The maximum absolute atomic E-state index is 10.4. The van der Waals surface area contributed by atoms with Crippen molar-refractivity contribution in [3.8, 4) is 0 Å². The normalized spacial score (nSPS) is 18.9. The number of carboxylic acids is 1. The molecule has 0 atom stereocenters. The number of aliphatic carboxylic acids is 1. The highest BCUT2D eigenvalue weighted by atomic mass is 32.1. The topological polar surface area (TPSA) is 62.7 Å². The molecule has 17 heavy (non-hydrogen) atoms. The standard InChI is InChI=1S/C11H16N2O3S/c1-8-5-17-9(12-8)3-13-6-11(2,7-13)16-4-10(14)15/h5H,3-4,6-7H2,1-2H3,(H,14,15). The number of carbonyl (C=O) groups is 1. The number of ether oxygens (including phenoxy) is 1. The number of thiazole rings is 1.